The van der Waals surface area contributed by atoms with Crippen LogP contribution in [0.15, 0.2) is 22.8 Å². The van der Waals surface area contributed by atoms with Gasteiger partial charge in [0.05, 0.1) is 25.5 Å². The van der Waals surface area contributed by atoms with E-state index < -0.39 is 0 Å². The lowest BCUT2D eigenvalue weighted by atomic mass is 10.1. The van der Waals surface area contributed by atoms with Gasteiger partial charge in [-0.2, -0.15) is 0 Å². The molecule has 2 fully saturated rings. The van der Waals surface area contributed by atoms with Gasteiger partial charge in [0.25, 0.3) is 0 Å². The lowest BCUT2D eigenvalue weighted by Crippen LogP contribution is -2.32. The quantitative estimate of drug-likeness (QED) is 0.859. The van der Waals surface area contributed by atoms with Crippen molar-refractivity contribution >= 4 is 16.5 Å². The highest BCUT2D eigenvalue weighted by atomic mass is 32.1. The van der Waals surface area contributed by atoms with Crippen LogP contribution in [-0.2, 0) is 11.3 Å². The number of hydrogen-bond acceptors (Lipinski definition) is 7. The normalized spacial score (nSPS) is 26.1. The number of fused-ring (bicyclic) bond motifs is 1. The second kappa shape index (κ2) is 5.98. The summed E-state index contributed by atoms with van der Waals surface area (Å²) in [5.41, 5.74) is 0. The molecule has 2 aromatic heterocycles. The van der Waals surface area contributed by atoms with Gasteiger partial charge in [0.1, 0.15) is 10.8 Å². The Morgan fingerprint density at radius 1 is 1.32 bits per heavy atom. The molecule has 2 aliphatic rings. The largest absolute Gasteiger partial charge is 0.468 e. The second-order valence-corrected chi connectivity index (χ2v) is 7.15. The summed E-state index contributed by atoms with van der Waals surface area (Å²) in [6, 6.07) is 3.98. The van der Waals surface area contributed by atoms with E-state index in [1.54, 1.807) is 17.6 Å². The predicted octanol–water partition coefficient (Wildman–Crippen LogP) is 1.78. The maximum atomic E-state index is 6.08. The van der Waals surface area contributed by atoms with Crippen LogP contribution >= 0.6 is 11.3 Å². The van der Waals surface area contributed by atoms with Crippen LogP contribution in [0.3, 0.4) is 0 Å². The minimum atomic E-state index is 0.297. The molecule has 0 bridgehead atoms. The first-order chi connectivity index (χ1) is 10.8. The van der Waals surface area contributed by atoms with Crippen LogP contribution in [-0.4, -0.2) is 54.0 Å². The molecule has 0 unspecified atom stereocenters. The van der Waals surface area contributed by atoms with Crippen molar-refractivity contribution in [3.8, 4) is 0 Å². The number of furan rings is 1. The van der Waals surface area contributed by atoms with Crippen molar-refractivity contribution in [2.24, 2.45) is 5.92 Å². The lowest BCUT2D eigenvalue weighted by molar-refractivity contribution is 0.0578. The first kappa shape index (κ1) is 14.2. The van der Waals surface area contributed by atoms with Crippen LogP contribution < -0.4 is 4.90 Å². The number of nitrogens with zero attached hydrogens (tertiary/aromatic N) is 4. The summed E-state index contributed by atoms with van der Waals surface area (Å²) in [6.07, 6.45) is 2.03. The fraction of sp³-hybridized carbons (Fsp3) is 0.600. The minimum Gasteiger partial charge on any atom is -0.468 e. The molecule has 2 aliphatic heterocycles. The van der Waals surface area contributed by atoms with Crippen molar-refractivity contribution in [3.63, 3.8) is 0 Å². The van der Waals surface area contributed by atoms with Gasteiger partial charge in [0.2, 0.25) is 5.13 Å². The van der Waals surface area contributed by atoms with E-state index in [0.29, 0.717) is 12.0 Å². The maximum Gasteiger partial charge on any atom is 0.208 e. The molecule has 0 spiro atoms. The smallest absolute Gasteiger partial charge is 0.208 e. The fourth-order valence-electron chi connectivity index (χ4n) is 3.30. The lowest BCUT2D eigenvalue weighted by Gasteiger charge is -2.22. The molecule has 7 heteroatoms. The van der Waals surface area contributed by atoms with E-state index in [4.69, 9.17) is 9.15 Å². The average molecular weight is 320 g/mol. The molecule has 6 nitrogen and oxygen atoms in total. The molecule has 22 heavy (non-hydrogen) atoms. The standard InChI is InChI=1S/C15H20N4O2S/c1-11-16-17-15(22-11)19-8-12-7-18(4-6-21-14(12)10-19)9-13-3-2-5-20-13/h2-3,5,12,14H,4,6-10H2,1H3/t12-,14+/m0/s1. The number of aromatic nitrogens is 2. The summed E-state index contributed by atoms with van der Waals surface area (Å²) in [6.45, 7) is 7.56. The van der Waals surface area contributed by atoms with E-state index in [1.807, 2.05) is 19.1 Å². The maximum absolute atomic E-state index is 6.08. The van der Waals surface area contributed by atoms with Crippen LogP contribution in [0.2, 0.25) is 0 Å². The van der Waals surface area contributed by atoms with Crippen molar-refractivity contribution in [3.05, 3.63) is 29.2 Å². The Morgan fingerprint density at radius 3 is 3.05 bits per heavy atom. The van der Waals surface area contributed by atoms with E-state index in [1.165, 1.54) is 0 Å². The number of ether oxygens (including phenoxy) is 1. The number of hydrogen-bond donors (Lipinski definition) is 0. The van der Waals surface area contributed by atoms with Gasteiger partial charge < -0.3 is 14.1 Å². The topological polar surface area (TPSA) is 54.6 Å². The summed E-state index contributed by atoms with van der Waals surface area (Å²) in [7, 11) is 0. The molecule has 0 saturated carbocycles. The second-order valence-electron chi connectivity index (χ2n) is 5.99. The van der Waals surface area contributed by atoms with Crippen molar-refractivity contribution in [2.45, 2.75) is 19.6 Å². The highest BCUT2D eigenvalue weighted by Crippen LogP contribution is 2.30. The van der Waals surface area contributed by atoms with Gasteiger partial charge in [-0.1, -0.05) is 11.3 Å². The van der Waals surface area contributed by atoms with E-state index in [9.17, 15) is 0 Å². The van der Waals surface area contributed by atoms with Gasteiger partial charge in [-0.05, 0) is 19.1 Å². The summed E-state index contributed by atoms with van der Waals surface area (Å²) >= 11 is 1.66. The van der Waals surface area contributed by atoms with E-state index in [-0.39, 0.29) is 0 Å². The summed E-state index contributed by atoms with van der Waals surface area (Å²) in [5.74, 6) is 1.54. The zero-order chi connectivity index (χ0) is 14.9. The van der Waals surface area contributed by atoms with E-state index in [2.05, 4.69) is 20.0 Å². The van der Waals surface area contributed by atoms with Crippen molar-refractivity contribution < 1.29 is 9.15 Å². The van der Waals surface area contributed by atoms with Gasteiger partial charge in [-0.15, -0.1) is 10.2 Å². The van der Waals surface area contributed by atoms with Gasteiger partial charge in [0.15, 0.2) is 0 Å². The van der Waals surface area contributed by atoms with Crippen molar-refractivity contribution in [2.75, 3.05) is 37.7 Å². The van der Waals surface area contributed by atoms with Crippen LogP contribution in [0.25, 0.3) is 0 Å². The number of anilines is 1. The monoisotopic (exact) mass is 320 g/mol. The van der Waals surface area contributed by atoms with Gasteiger partial charge in [-0.25, -0.2) is 0 Å². The molecule has 118 valence electrons. The first-order valence-electron chi connectivity index (χ1n) is 7.69. The fourth-order valence-corrected chi connectivity index (χ4v) is 4.00. The molecule has 4 rings (SSSR count). The Hall–Kier alpha value is -1.44. The molecule has 0 aromatic carbocycles. The molecule has 2 aromatic rings. The molecular formula is C15H20N4O2S. The molecule has 2 atom stereocenters. The van der Waals surface area contributed by atoms with Gasteiger partial charge in [-0.3, -0.25) is 4.90 Å². The Bertz CT molecular complexity index is 615. The summed E-state index contributed by atoms with van der Waals surface area (Å²) in [5, 5.41) is 10.4. The van der Waals surface area contributed by atoms with E-state index >= 15 is 0 Å². The molecule has 0 amide bonds. The zero-order valence-corrected chi connectivity index (χ0v) is 13.5. The van der Waals surface area contributed by atoms with Crippen molar-refractivity contribution in [1.82, 2.24) is 15.1 Å². The van der Waals surface area contributed by atoms with Crippen LogP contribution in [0.5, 0.6) is 0 Å². The van der Waals surface area contributed by atoms with Crippen LogP contribution in [0.4, 0.5) is 5.13 Å². The summed E-state index contributed by atoms with van der Waals surface area (Å²) in [4.78, 5) is 4.74. The van der Waals surface area contributed by atoms with Gasteiger partial charge in [0, 0.05) is 32.1 Å². The predicted molar refractivity (Wildman–Crippen MR) is 84.1 cm³/mol. The third kappa shape index (κ3) is 2.88. The number of aryl methyl sites for hydroxylation is 1. The first-order valence-corrected chi connectivity index (χ1v) is 8.51. The Balaban J connectivity index is 1.43. The Morgan fingerprint density at radius 2 is 2.27 bits per heavy atom. The minimum absolute atomic E-state index is 0.297. The number of rotatable bonds is 3. The third-order valence-electron chi connectivity index (χ3n) is 4.36. The van der Waals surface area contributed by atoms with Crippen molar-refractivity contribution in [1.29, 1.82) is 0 Å². The van der Waals surface area contributed by atoms with E-state index in [0.717, 1.165) is 55.2 Å². The zero-order valence-electron chi connectivity index (χ0n) is 12.6. The molecule has 0 N–H and O–H groups in total. The molecule has 2 saturated heterocycles. The van der Waals surface area contributed by atoms with Crippen LogP contribution in [0.1, 0.15) is 10.8 Å². The highest BCUT2D eigenvalue weighted by molar-refractivity contribution is 7.15. The third-order valence-corrected chi connectivity index (χ3v) is 5.26. The SMILES string of the molecule is Cc1nnc(N2C[C@@H]3CN(Cc4ccco4)CCO[C@@H]3C2)s1. The Kier molecular flexibility index (Phi) is 3.85. The molecular weight excluding hydrogens is 300 g/mol. The average Bonchev–Trinajstić information content (AvgIpc) is 3.20. The van der Waals surface area contributed by atoms with Crippen LogP contribution in [0, 0.1) is 12.8 Å². The summed E-state index contributed by atoms with van der Waals surface area (Å²) < 4.78 is 11.5. The molecule has 4 heterocycles. The molecule has 0 aliphatic carbocycles. The molecule has 0 radical (unpaired) electrons. The van der Waals surface area contributed by atoms with Gasteiger partial charge >= 0.3 is 0 Å². The highest BCUT2D eigenvalue weighted by Gasteiger charge is 2.37. The Labute approximate surface area is 133 Å².